The van der Waals surface area contributed by atoms with Crippen LogP contribution in [0, 0.1) is 5.21 Å². The first kappa shape index (κ1) is 14.7. The van der Waals surface area contributed by atoms with E-state index in [1.807, 2.05) is 6.07 Å². The molecule has 1 heterocycles. The molecular formula is C15H12ClN3O3. The lowest BCUT2D eigenvalue weighted by molar-refractivity contribution is -0.991. The SMILES string of the molecule is O=C1CN=C(c2ccccc2Cl)c2cc([NH+]([O-])O)ccc2N1. The number of anilines is 1. The van der Waals surface area contributed by atoms with Gasteiger partial charge >= 0.3 is 0 Å². The maximum absolute atomic E-state index is 11.8. The van der Waals surface area contributed by atoms with Crippen molar-refractivity contribution in [1.82, 2.24) is 0 Å². The van der Waals surface area contributed by atoms with Crippen LogP contribution in [0.1, 0.15) is 11.1 Å². The number of quaternary nitrogens is 1. The number of nitrogens with zero attached hydrogens (tertiary/aromatic N) is 1. The largest absolute Gasteiger partial charge is 0.595 e. The van der Waals surface area contributed by atoms with Crippen LogP contribution >= 0.6 is 11.6 Å². The minimum absolute atomic E-state index is 0.0440. The van der Waals surface area contributed by atoms with Gasteiger partial charge in [-0.1, -0.05) is 29.8 Å². The van der Waals surface area contributed by atoms with Gasteiger partial charge in [-0.15, -0.1) is 0 Å². The summed E-state index contributed by atoms with van der Waals surface area (Å²) in [6.07, 6.45) is 0. The lowest BCUT2D eigenvalue weighted by Crippen LogP contribution is -2.99. The Morgan fingerprint density at radius 3 is 2.73 bits per heavy atom. The number of hydrogen-bond acceptors (Lipinski definition) is 4. The Kier molecular flexibility index (Phi) is 3.91. The Hall–Kier alpha value is -2.25. The van der Waals surface area contributed by atoms with Gasteiger partial charge in [-0.05, 0) is 12.1 Å². The summed E-state index contributed by atoms with van der Waals surface area (Å²) in [6.45, 7) is -0.0440. The van der Waals surface area contributed by atoms with E-state index in [1.54, 1.807) is 24.3 Å². The third-order valence-corrected chi connectivity index (χ3v) is 3.64. The number of rotatable bonds is 2. The summed E-state index contributed by atoms with van der Waals surface area (Å²) < 4.78 is 0. The molecule has 1 amide bonds. The summed E-state index contributed by atoms with van der Waals surface area (Å²) >= 11 is 6.21. The van der Waals surface area contributed by atoms with Crippen LogP contribution in [0.25, 0.3) is 0 Å². The molecule has 7 heteroatoms. The molecule has 112 valence electrons. The van der Waals surface area contributed by atoms with Crippen LogP contribution in [0.2, 0.25) is 5.02 Å². The molecule has 1 unspecified atom stereocenters. The number of nitrogens with one attached hydrogen (secondary N) is 2. The van der Waals surface area contributed by atoms with Crippen LogP contribution in [0.15, 0.2) is 47.5 Å². The second-order valence-corrected chi connectivity index (χ2v) is 5.17. The van der Waals surface area contributed by atoms with Gasteiger partial charge in [0.05, 0.1) is 11.4 Å². The zero-order valence-corrected chi connectivity index (χ0v) is 12.1. The molecule has 0 spiro atoms. The van der Waals surface area contributed by atoms with Gasteiger partial charge in [-0.25, -0.2) is 5.21 Å². The summed E-state index contributed by atoms with van der Waals surface area (Å²) in [5.41, 5.74) is 2.34. The molecule has 1 atom stereocenters. The van der Waals surface area contributed by atoms with Gasteiger partial charge in [0.2, 0.25) is 5.91 Å². The molecule has 0 saturated heterocycles. The van der Waals surface area contributed by atoms with Gasteiger partial charge in [0, 0.05) is 28.3 Å². The Labute approximate surface area is 131 Å². The summed E-state index contributed by atoms with van der Waals surface area (Å²) in [6, 6.07) is 11.6. The minimum Gasteiger partial charge on any atom is -0.595 e. The molecule has 22 heavy (non-hydrogen) atoms. The molecule has 0 fully saturated rings. The van der Waals surface area contributed by atoms with Crippen molar-refractivity contribution >= 4 is 34.6 Å². The predicted octanol–water partition coefficient (Wildman–Crippen LogP) is 1.53. The van der Waals surface area contributed by atoms with E-state index in [0.29, 0.717) is 27.5 Å². The molecule has 0 aromatic heterocycles. The topological polar surface area (TPSA) is 89.2 Å². The molecule has 0 radical (unpaired) electrons. The summed E-state index contributed by atoms with van der Waals surface area (Å²) in [4.78, 5) is 16.1. The lowest BCUT2D eigenvalue weighted by atomic mass is 10.00. The third-order valence-electron chi connectivity index (χ3n) is 3.31. The molecule has 0 bridgehead atoms. The highest BCUT2D eigenvalue weighted by atomic mass is 35.5. The first-order chi connectivity index (χ1) is 10.6. The van der Waals surface area contributed by atoms with Gasteiger partial charge in [0.1, 0.15) is 6.54 Å². The van der Waals surface area contributed by atoms with Crippen LogP contribution in [0.3, 0.4) is 0 Å². The van der Waals surface area contributed by atoms with Crippen LogP contribution in [0.4, 0.5) is 11.4 Å². The van der Waals surface area contributed by atoms with E-state index >= 15 is 0 Å². The van der Waals surface area contributed by atoms with Crippen LogP contribution in [-0.4, -0.2) is 23.4 Å². The smallest absolute Gasteiger partial charge is 0.246 e. The van der Waals surface area contributed by atoms with Gasteiger partial charge < -0.3 is 10.5 Å². The highest BCUT2D eigenvalue weighted by Crippen LogP contribution is 2.27. The number of carbonyl (C=O) groups excluding carboxylic acids is 1. The second-order valence-electron chi connectivity index (χ2n) is 4.76. The zero-order valence-electron chi connectivity index (χ0n) is 11.3. The van der Waals surface area contributed by atoms with Crippen molar-refractivity contribution in [3.05, 3.63) is 63.8 Å². The number of fused-ring (bicyclic) bond motifs is 1. The van der Waals surface area contributed by atoms with Crippen molar-refractivity contribution in [2.24, 2.45) is 4.99 Å². The number of hydrogen-bond donors (Lipinski definition) is 3. The molecule has 1 aliphatic heterocycles. The zero-order chi connectivity index (χ0) is 15.7. The summed E-state index contributed by atoms with van der Waals surface area (Å²) in [7, 11) is 0. The van der Waals surface area contributed by atoms with E-state index in [1.165, 1.54) is 12.1 Å². The van der Waals surface area contributed by atoms with Crippen molar-refractivity contribution in [3.8, 4) is 0 Å². The van der Waals surface area contributed by atoms with Crippen LogP contribution < -0.4 is 10.5 Å². The van der Waals surface area contributed by atoms with Crippen molar-refractivity contribution in [3.63, 3.8) is 0 Å². The number of benzodiazepines with no additional fused rings is 1. The Balaban J connectivity index is 2.21. The molecule has 2 aromatic carbocycles. The van der Waals surface area contributed by atoms with E-state index in [4.69, 9.17) is 16.8 Å². The van der Waals surface area contributed by atoms with Crippen LogP contribution in [0.5, 0.6) is 0 Å². The molecule has 0 aliphatic carbocycles. The van der Waals surface area contributed by atoms with Crippen molar-refractivity contribution in [2.45, 2.75) is 0 Å². The van der Waals surface area contributed by atoms with E-state index in [2.05, 4.69) is 10.3 Å². The fraction of sp³-hybridized carbons (Fsp3) is 0.0667. The first-order valence-corrected chi connectivity index (χ1v) is 6.91. The predicted molar refractivity (Wildman–Crippen MR) is 82.8 cm³/mol. The number of aliphatic imine (C=N–C) groups is 1. The number of benzene rings is 2. The summed E-state index contributed by atoms with van der Waals surface area (Å²) in [5.74, 6) is -0.258. The average molecular weight is 318 g/mol. The van der Waals surface area contributed by atoms with E-state index in [-0.39, 0.29) is 18.1 Å². The molecule has 1 aliphatic rings. The van der Waals surface area contributed by atoms with E-state index in [9.17, 15) is 10.0 Å². The minimum atomic E-state index is -1.04. The second kappa shape index (κ2) is 5.86. The van der Waals surface area contributed by atoms with Crippen LogP contribution in [-0.2, 0) is 4.79 Å². The summed E-state index contributed by atoms with van der Waals surface area (Å²) in [5, 5.41) is 22.5. The Bertz CT molecular complexity index is 774. The average Bonchev–Trinajstić information content (AvgIpc) is 2.65. The molecule has 3 rings (SSSR count). The highest BCUT2D eigenvalue weighted by Gasteiger charge is 2.21. The quantitative estimate of drug-likeness (QED) is 0.734. The van der Waals surface area contributed by atoms with E-state index in [0.717, 1.165) is 0 Å². The normalized spacial score (nSPS) is 15.4. The third kappa shape index (κ3) is 2.72. The molecule has 2 aromatic rings. The molecule has 3 N–H and O–H groups in total. The standard InChI is InChI=1S/C15H12ClN3O3/c16-12-4-2-1-3-10(12)15-11-7-9(19(21)22)5-6-13(11)18-14(20)8-17-15/h1-7,19,21H,8H2,(H,18,20). The molecule has 0 saturated carbocycles. The fourth-order valence-electron chi connectivity index (χ4n) is 2.29. The van der Waals surface area contributed by atoms with Crippen molar-refractivity contribution in [2.75, 3.05) is 11.9 Å². The lowest BCUT2D eigenvalue weighted by Gasteiger charge is -2.16. The van der Waals surface area contributed by atoms with Gasteiger partial charge in [-0.3, -0.25) is 9.79 Å². The number of halogens is 1. The fourth-order valence-corrected chi connectivity index (χ4v) is 2.52. The van der Waals surface area contributed by atoms with E-state index < -0.39 is 5.23 Å². The Morgan fingerprint density at radius 2 is 2.00 bits per heavy atom. The monoisotopic (exact) mass is 317 g/mol. The highest BCUT2D eigenvalue weighted by molar-refractivity contribution is 6.36. The van der Waals surface area contributed by atoms with Gasteiger partial charge in [0.15, 0.2) is 5.69 Å². The van der Waals surface area contributed by atoms with Crippen molar-refractivity contribution in [1.29, 1.82) is 0 Å². The number of amides is 1. The maximum Gasteiger partial charge on any atom is 0.246 e. The number of carbonyl (C=O) groups is 1. The maximum atomic E-state index is 11.8. The van der Waals surface area contributed by atoms with Gasteiger partial charge in [-0.2, -0.15) is 5.23 Å². The van der Waals surface area contributed by atoms with Gasteiger partial charge in [0.25, 0.3) is 0 Å². The first-order valence-electron chi connectivity index (χ1n) is 6.53. The Morgan fingerprint density at radius 1 is 1.23 bits per heavy atom. The van der Waals surface area contributed by atoms with Crippen molar-refractivity contribution < 1.29 is 15.2 Å². The molecule has 6 nitrogen and oxygen atoms in total. The molecular weight excluding hydrogens is 306 g/mol.